The molecular formula is C16H17NO3S. The molecule has 0 aliphatic heterocycles. The molecule has 2 rings (SSSR count). The number of aliphatic carboxylic acids is 1. The summed E-state index contributed by atoms with van der Waals surface area (Å²) in [4.78, 5) is 23.3. The molecule has 0 radical (unpaired) electrons. The van der Waals surface area contributed by atoms with Crippen LogP contribution in [0.4, 0.5) is 0 Å². The molecule has 1 atom stereocenters. The molecule has 0 saturated heterocycles. The van der Waals surface area contributed by atoms with Crippen molar-refractivity contribution < 1.29 is 14.7 Å². The van der Waals surface area contributed by atoms with Crippen molar-refractivity contribution in [3.63, 3.8) is 0 Å². The third-order valence-corrected chi connectivity index (χ3v) is 4.14. The number of amides is 1. The first-order chi connectivity index (χ1) is 10.1. The van der Waals surface area contributed by atoms with Gasteiger partial charge in [0.1, 0.15) is 0 Å². The number of carboxylic acids is 1. The number of carbonyl (C=O) groups is 2. The van der Waals surface area contributed by atoms with Crippen LogP contribution in [-0.2, 0) is 11.2 Å². The van der Waals surface area contributed by atoms with Crippen molar-refractivity contribution in [2.24, 2.45) is 5.92 Å². The topological polar surface area (TPSA) is 66.4 Å². The van der Waals surface area contributed by atoms with Gasteiger partial charge >= 0.3 is 5.97 Å². The highest BCUT2D eigenvalue weighted by molar-refractivity contribution is 7.08. The number of thiophene rings is 1. The average molecular weight is 303 g/mol. The quantitative estimate of drug-likeness (QED) is 0.862. The molecule has 110 valence electrons. The van der Waals surface area contributed by atoms with Gasteiger partial charge in [0.15, 0.2) is 0 Å². The lowest BCUT2D eigenvalue weighted by atomic mass is 9.99. The maximum atomic E-state index is 12.0. The van der Waals surface area contributed by atoms with Gasteiger partial charge in [-0.25, -0.2) is 0 Å². The number of carbonyl (C=O) groups excluding carboxylic acids is 1. The van der Waals surface area contributed by atoms with Gasteiger partial charge in [-0.3, -0.25) is 9.59 Å². The number of nitrogens with one attached hydrogen (secondary N) is 1. The van der Waals surface area contributed by atoms with Crippen molar-refractivity contribution in [3.8, 4) is 0 Å². The molecule has 1 amide bonds. The molecule has 4 nitrogen and oxygen atoms in total. The molecule has 2 aromatic rings. The van der Waals surface area contributed by atoms with Crippen LogP contribution in [0.3, 0.4) is 0 Å². The Morgan fingerprint density at radius 1 is 1.24 bits per heavy atom. The normalized spacial score (nSPS) is 11.9. The number of benzene rings is 1. The molecule has 0 aliphatic carbocycles. The minimum Gasteiger partial charge on any atom is -0.481 e. The van der Waals surface area contributed by atoms with E-state index >= 15 is 0 Å². The van der Waals surface area contributed by atoms with Crippen molar-refractivity contribution in [1.82, 2.24) is 5.32 Å². The van der Waals surface area contributed by atoms with Gasteiger partial charge in [-0.15, -0.1) is 0 Å². The molecule has 1 unspecified atom stereocenters. The lowest BCUT2D eigenvalue weighted by Gasteiger charge is -2.13. The van der Waals surface area contributed by atoms with Gasteiger partial charge in [0.2, 0.25) is 0 Å². The second-order valence-electron chi connectivity index (χ2n) is 4.90. The highest BCUT2D eigenvalue weighted by Crippen LogP contribution is 2.14. The zero-order chi connectivity index (χ0) is 15.2. The van der Waals surface area contributed by atoms with Gasteiger partial charge in [0.05, 0.1) is 11.5 Å². The summed E-state index contributed by atoms with van der Waals surface area (Å²) in [5, 5.41) is 15.7. The van der Waals surface area contributed by atoms with Crippen LogP contribution in [0.2, 0.25) is 0 Å². The Bertz CT molecular complexity index is 621. The molecule has 0 aliphatic rings. The highest BCUT2D eigenvalue weighted by Gasteiger charge is 2.20. The van der Waals surface area contributed by atoms with Crippen molar-refractivity contribution >= 4 is 23.2 Å². The van der Waals surface area contributed by atoms with E-state index in [9.17, 15) is 14.7 Å². The predicted octanol–water partition coefficient (Wildman–Crippen LogP) is 2.73. The van der Waals surface area contributed by atoms with Gasteiger partial charge in [-0.2, -0.15) is 11.3 Å². The largest absolute Gasteiger partial charge is 0.481 e. The molecule has 0 bridgehead atoms. The number of aryl methyl sites for hydroxylation is 1. The van der Waals surface area contributed by atoms with Crippen LogP contribution < -0.4 is 5.32 Å². The minimum absolute atomic E-state index is 0.123. The molecule has 21 heavy (non-hydrogen) atoms. The third-order valence-electron chi connectivity index (χ3n) is 3.28. The Hall–Kier alpha value is -2.14. The van der Waals surface area contributed by atoms with Crippen molar-refractivity contribution in [2.75, 3.05) is 6.54 Å². The van der Waals surface area contributed by atoms with E-state index in [1.807, 2.05) is 42.6 Å². The van der Waals surface area contributed by atoms with E-state index in [4.69, 9.17) is 0 Å². The van der Waals surface area contributed by atoms with Crippen LogP contribution in [0, 0.1) is 12.8 Å². The van der Waals surface area contributed by atoms with Gasteiger partial charge in [0.25, 0.3) is 5.91 Å². The second-order valence-corrected chi connectivity index (χ2v) is 5.65. The molecule has 0 fully saturated rings. The Morgan fingerprint density at radius 3 is 2.52 bits per heavy atom. The minimum atomic E-state index is -0.902. The lowest BCUT2D eigenvalue weighted by Crippen LogP contribution is -2.34. The van der Waals surface area contributed by atoms with Crippen LogP contribution in [0.25, 0.3) is 0 Å². The van der Waals surface area contributed by atoms with Crippen LogP contribution in [-0.4, -0.2) is 23.5 Å². The molecule has 1 heterocycles. The summed E-state index contributed by atoms with van der Waals surface area (Å²) in [7, 11) is 0. The van der Waals surface area contributed by atoms with Gasteiger partial charge in [-0.05, 0) is 29.9 Å². The summed E-state index contributed by atoms with van der Waals surface area (Å²) in [5.41, 5.74) is 2.47. The molecule has 1 aromatic heterocycles. The van der Waals surface area contributed by atoms with Gasteiger partial charge < -0.3 is 10.4 Å². The molecule has 5 heteroatoms. The number of carboxylic acid groups (broad SMARTS) is 1. The number of rotatable bonds is 6. The summed E-state index contributed by atoms with van der Waals surface area (Å²) in [6.07, 6.45) is 0.402. The summed E-state index contributed by atoms with van der Waals surface area (Å²) in [6.45, 7) is 1.99. The molecule has 1 aromatic carbocycles. The smallest absolute Gasteiger partial charge is 0.308 e. The fourth-order valence-electron chi connectivity index (χ4n) is 2.05. The van der Waals surface area contributed by atoms with Crippen molar-refractivity contribution in [1.29, 1.82) is 0 Å². The Labute approximate surface area is 127 Å². The fourth-order valence-corrected chi connectivity index (χ4v) is 2.88. The van der Waals surface area contributed by atoms with E-state index in [1.165, 1.54) is 11.3 Å². The standard InChI is InChI=1S/C16H17NO3S/c1-11-9-21-10-14(11)15(18)17-8-13(16(19)20)7-12-5-3-2-4-6-12/h2-6,9-10,13H,7-8H2,1H3,(H,17,18)(H,19,20). The fraction of sp³-hybridized carbons (Fsp3) is 0.250. The third kappa shape index (κ3) is 4.16. The SMILES string of the molecule is Cc1cscc1C(=O)NCC(Cc1ccccc1)C(=O)O. The van der Waals surface area contributed by atoms with E-state index in [1.54, 1.807) is 5.38 Å². The summed E-state index contributed by atoms with van der Waals surface area (Å²) in [5.74, 6) is -1.75. The zero-order valence-electron chi connectivity index (χ0n) is 11.7. The first-order valence-corrected chi connectivity index (χ1v) is 7.60. The lowest BCUT2D eigenvalue weighted by molar-refractivity contribution is -0.141. The summed E-state index contributed by atoms with van der Waals surface area (Å²) >= 11 is 1.46. The summed E-state index contributed by atoms with van der Waals surface area (Å²) < 4.78 is 0. The zero-order valence-corrected chi connectivity index (χ0v) is 12.5. The number of hydrogen-bond donors (Lipinski definition) is 2. The monoisotopic (exact) mass is 303 g/mol. The molecule has 0 spiro atoms. The van der Waals surface area contributed by atoms with E-state index < -0.39 is 11.9 Å². The van der Waals surface area contributed by atoms with E-state index in [0.29, 0.717) is 12.0 Å². The molecule has 2 N–H and O–H groups in total. The summed E-state index contributed by atoms with van der Waals surface area (Å²) in [6, 6.07) is 9.42. The van der Waals surface area contributed by atoms with Gasteiger partial charge in [-0.1, -0.05) is 30.3 Å². The Kier molecular flexibility index (Phi) is 5.11. The molecule has 0 saturated carbocycles. The average Bonchev–Trinajstić information content (AvgIpc) is 2.90. The van der Waals surface area contributed by atoms with E-state index in [-0.39, 0.29) is 12.5 Å². The van der Waals surface area contributed by atoms with Crippen LogP contribution in [0.1, 0.15) is 21.5 Å². The second kappa shape index (κ2) is 7.04. The van der Waals surface area contributed by atoms with E-state index in [2.05, 4.69) is 5.32 Å². The highest BCUT2D eigenvalue weighted by atomic mass is 32.1. The predicted molar refractivity (Wildman–Crippen MR) is 82.7 cm³/mol. The maximum Gasteiger partial charge on any atom is 0.308 e. The van der Waals surface area contributed by atoms with Crippen molar-refractivity contribution in [3.05, 3.63) is 57.8 Å². The first kappa shape index (κ1) is 15.3. The maximum absolute atomic E-state index is 12.0. The number of hydrogen-bond acceptors (Lipinski definition) is 3. The van der Waals surface area contributed by atoms with Crippen LogP contribution in [0.15, 0.2) is 41.1 Å². The first-order valence-electron chi connectivity index (χ1n) is 6.65. The Balaban J connectivity index is 1.96. The molecular weight excluding hydrogens is 286 g/mol. The van der Waals surface area contributed by atoms with Crippen LogP contribution >= 0.6 is 11.3 Å². The van der Waals surface area contributed by atoms with Gasteiger partial charge in [0, 0.05) is 11.9 Å². The van der Waals surface area contributed by atoms with Crippen LogP contribution in [0.5, 0.6) is 0 Å². The Morgan fingerprint density at radius 2 is 1.95 bits per heavy atom. The van der Waals surface area contributed by atoms with E-state index in [0.717, 1.165) is 11.1 Å². The van der Waals surface area contributed by atoms with Crippen molar-refractivity contribution in [2.45, 2.75) is 13.3 Å².